The number of carbonyl (C=O) groups excluding carboxylic acids is 1. The maximum atomic E-state index is 11.5. The van der Waals surface area contributed by atoms with Gasteiger partial charge in [-0.25, -0.2) is 0 Å². The molecule has 0 amide bonds. The number of benzene rings is 1. The Hall–Kier alpha value is -1.53. The standard InChI is InChI=1S/C13H14ClNO2/c1-3-9-5-6-12(14)11(8-15)10(9)7-13(16)17-4-2/h5-6H,3-4,7H2,1-2H3. The summed E-state index contributed by atoms with van der Waals surface area (Å²) in [5, 5.41) is 9.45. The molecule has 0 saturated heterocycles. The molecule has 1 aromatic rings. The smallest absolute Gasteiger partial charge is 0.310 e. The van der Waals surface area contributed by atoms with Gasteiger partial charge >= 0.3 is 5.97 Å². The maximum Gasteiger partial charge on any atom is 0.310 e. The van der Waals surface area contributed by atoms with Gasteiger partial charge in [0.2, 0.25) is 0 Å². The fourth-order valence-electron chi connectivity index (χ4n) is 1.67. The number of aryl methyl sites for hydroxylation is 1. The largest absolute Gasteiger partial charge is 0.466 e. The zero-order chi connectivity index (χ0) is 12.8. The van der Waals surface area contributed by atoms with Crippen molar-refractivity contribution in [3.05, 3.63) is 33.8 Å². The molecule has 1 rings (SSSR count). The average molecular weight is 252 g/mol. The van der Waals surface area contributed by atoms with E-state index in [1.54, 1.807) is 13.0 Å². The monoisotopic (exact) mass is 251 g/mol. The van der Waals surface area contributed by atoms with Crippen LogP contribution in [0.2, 0.25) is 5.02 Å². The van der Waals surface area contributed by atoms with Crippen molar-refractivity contribution < 1.29 is 9.53 Å². The molecule has 0 N–H and O–H groups in total. The van der Waals surface area contributed by atoms with Crippen molar-refractivity contribution in [3.8, 4) is 6.07 Å². The summed E-state index contributed by atoms with van der Waals surface area (Å²) in [5.74, 6) is -0.332. The molecule has 1 aromatic carbocycles. The lowest BCUT2D eigenvalue weighted by atomic mass is 9.97. The van der Waals surface area contributed by atoms with Crippen LogP contribution < -0.4 is 0 Å². The summed E-state index contributed by atoms with van der Waals surface area (Å²) >= 11 is 5.94. The minimum Gasteiger partial charge on any atom is -0.466 e. The summed E-state index contributed by atoms with van der Waals surface area (Å²) in [6.07, 6.45) is 0.848. The van der Waals surface area contributed by atoms with Gasteiger partial charge in [0, 0.05) is 0 Å². The van der Waals surface area contributed by atoms with Gasteiger partial charge in [0.25, 0.3) is 0 Å². The Bertz CT molecular complexity index is 463. The number of esters is 1. The normalized spacial score (nSPS) is 9.76. The van der Waals surface area contributed by atoms with Crippen LogP contribution in [0.3, 0.4) is 0 Å². The maximum absolute atomic E-state index is 11.5. The SMILES string of the molecule is CCOC(=O)Cc1c(CC)ccc(Cl)c1C#N. The number of rotatable bonds is 4. The van der Waals surface area contributed by atoms with Crippen LogP contribution in [-0.2, 0) is 22.4 Å². The van der Waals surface area contributed by atoms with Crippen LogP contribution in [0.1, 0.15) is 30.5 Å². The lowest BCUT2D eigenvalue weighted by molar-refractivity contribution is -0.142. The van der Waals surface area contributed by atoms with Gasteiger partial charge in [-0.3, -0.25) is 4.79 Å². The molecule has 0 aromatic heterocycles. The fraction of sp³-hybridized carbons (Fsp3) is 0.385. The highest BCUT2D eigenvalue weighted by atomic mass is 35.5. The minimum absolute atomic E-state index is 0.0977. The molecule has 0 spiro atoms. The number of nitriles is 1. The van der Waals surface area contributed by atoms with E-state index >= 15 is 0 Å². The van der Waals surface area contributed by atoms with Crippen molar-refractivity contribution in [2.24, 2.45) is 0 Å². The number of hydrogen-bond acceptors (Lipinski definition) is 3. The van der Waals surface area contributed by atoms with E-state index in [4.69, 9.17) is 21.6 Å². The van der Waals surface area contributed by atoms with E-state index in [0.29, 0.717) is 22.8 Å². The Morgan fingerprint density at radius 3 is 2.71 bits per heavy atom. The topological polar surface area (TPSA) is 50.1 Å². The summed E-state index contributed by atoms with van der Waals surface area (Å²) in [4.78, 5) is 11.5. The van der Waals surface area contributed by atoms with Crippen LogP contribution in [0.25, 0.3) is 0 Å². The Balaban J connectivity index is 3.15. The fourth-order valence-corrected chi connectivity index (χ4v) is 1.89. The van der Waals surface area contributed by atoms with Gasteiger partial charge in [-0.05, 0) is 30.5 Å². The summed E-state index contributed by atoms with van der Waals surface area (Å²) < 4.78 is 4.89. The minimum atomic E-state index is -0.332. The number of ether oxygens (including phenoxy) is 1. The molecule has 0 aliphatic carbocycles. The predicted molar refractivity (Wildman–Crippen MR) is 65.9 cm³/mol. The second kappa shape index (κ2) is 6.27. The molecule has 4 heteroatoms. The molecule has 0 atom stereocenters. The molecule has 0 aliphatic heterocycles. The van der Waals surface area contributed by atoms with E-state index in [1.807, 2.05) is 19.1 Å². The molecule has 3 nitrogen and oxygen atoms in total. The predicted octanol–water partition coefficient (Wildman–Crippen LogP) is 2.88. The molecular weight excluding hydrogens is 238 g/mol. The van der Waals surface area contributed by atoms with E-state index in [1.165, 1.54) is 0 Å². The van der Waals surface area contributed by atoms with Gasteiger partial charge in [0.1, 0.15) is 6.07 Å². The van der Waals surface area contributed by atoms with E-state index in [-0.39, 0.29) is 12.4 Å². The zero-order valence-electron chi connectivity index (χ0n) is 9.92. The highest BCUT2D eigenvalue weighted by Crippen LogP contribution is 2.24. The molecule has 0 saturated carbocycles. The summed E-state index contributed by atoms with van der Waals surface area (Å²) in [5.41, 5.74) is 2.01. The van der Waals surface area contributed by atoms with Crippen LogP contribution in [0, 0.1) is 11.3 Å². The van der Waals surface area contributed by atoms with E-state index < -0.39 is 0 Å². The molecule has 90 valence electrons. The van der Waals surface area contributed by atoms with Gasteiger partial charge in [0.15, 0.2) is 0 Å². The third-order valence-corrected chi connectivity index (χ3v) is 2.79. The van der Waals surface area contributed by atoms with Gasteiger partial charge in [0.05, 0.1) is 23.6 Å². The Morgan fingerprint density at radius 2 is 2.18 bits per heavy atom. The van der Waals surface area contributed by atoms with Crippen molar-refractivity contribution in [2.45, 2.75) is 26.7 Å². The lowest BCUT2D eigenvalue weighted by Crippen LogP contribution is -2.11. The van der Waals surface area contributed by atoms with E-state index in [2.05, 4.69) is 0 Å². The molecule has 0 aliphatic rings. The van der Waals surface area contributed by atoms with Crippen LogP contribution in [-0.4, -0.2) is 12.6 Å². The van der Waals surface area contributed by atoms with Gasteiger partial charge in [-0.1, -0.05) is 24.6 Å². The van der Waals surface area contributed by atoms with Crippen LogP contribution in [0.15, 0.2) is 12.1 Å². The van der Waals surface area contributed by atoms with Crippen LogP contribution >= 0.6 is 11.6 Å². The van der Waals surface area contributed by atoms with Crippen LogP contribution in [0.4, 0.5) is 0 Å². The quantitative estimate of drug-likeness (QED) is 0.773. The number of hydrogen-bond donors (Lipinski definition) is 0. The molecular formula is C13H14ClNO2. The second-order valence-electron chi connectivity index (χ2n) is 3.51. The first kappa shape index (κ1) is 13.5. The first-order valence-corrected chi connectivity index (χ1v) is 5.87. The lowest BCUT2D eigenvalue weighted by Gasteiger charge is -2.10. The first-order chi connectivity index (χ1) is 8.13. The van der Waals surface area contributed by atoms with Crippen molar-refractivity contribution in [3.63, 3.8) is 0 Å². The zero-order valence-corrected chi connectivity index (χ0v) is 10.7. The van der Waals surface area contributed by atoms with Gasteiger partial charge in [-0.2, -0.15) is 5.26 Å². The second-order valence-corrected chi connectivity index (χ2v) is 3.91. The van der Waals surface area contributed by atoms with Crippen molar-refractivity contribution in [1.82, 2.24) is 0 Å². The van der Waals surface area contributed by atoms with Gasteiger partial charge in [-0.15, -0.1) is 0 Å². The highest BCUT2D eigenvalue weighted by molar-refractivity contribution is 6.31. The number of halogens is 1. The van der Waals surface area contributed by atoms with Crippen LogP contribution in [0.5, 0.6) is 0 Å². The van der Waals surface area contributed by atoms with Crippen molar-refractivity contribution in [2.75, 3.05) is 6.61 Å². The molecule has 0 fully saturated rings. The highest BCUT2D eigenvalue weighted by Gasteiger charge is 2.15. The molecule has 0 bridgehead atoms. The summed E-state index contributed by atoms with van der Waals surface area (Å²) in [6, 6.07) is 5.58. The van der Waals surface area contributed by atoms with E-state index in [9.17, 15) is 4.79 Å². The summed E-state index contributed by atoms with van der Waals surface area (Å²) in [6.45, 7) is 4.06. The Labute approximate surface area is 106 Å². The number of nitrogens with zero attached hydrogens (tertiary/aromatic N) is 1. The third kappa shape index (κ3) is 3.21. The molecule has 17 heavy (non-hydrogen) atoms. The Kier molecular flexibility index (Phi) is 4.99. The van der Waals surface area contributed by atoms with Gasteiger partial charge < -0.3 is 4.74 Å². The van der Waals surface area contributed by atoms with Crippen molar-refractivity contribution in [1.29, 1.82) is 5.26 Å². The Morgan fingerprint density at radius 1 is 1.47 bits per heavy atom. The first-order valence-electron chi connectivity index (χ1n) is 5.50. The third-order valence-electron chi connectivity index (χ3n) is 2.48. The summed E-state index contributed by atoms with van der Waals surface area (Å²) in [7, 11) is 0. The molecule has 0 unspecified atom stereocenters. The average Bonchev–Trinajstić information content (AvgIpc) is 2.30. The van der Waals surface area contributed by atoms with E-state index in [0.717, 1.165) is 12.0 Å². The number of carbonyl (C=O) groups is 1. The molecule has 0 heterocycles. The molecule has 0 radical (unpaired) electrons. The van der Waals surface area contributed by atoms with Crippen molar-refractivity contribution >= 4 is 17.6 Å².